The molecule has 15 aromatic rings. The van der Waals surface area contributed by atoms with Crippen molar-refractivity contribution in [1.29, 1.82) is 0 Å². The van der Waals surface area contributed by atoms with Gasteiger partial charge in [0.2, 0.25) is 0 Å². The average molecular weight is 906 g/mol. The van der Waals surface area contributed by atoms with Crippen LogP contribution >= 0.6 is 0 Å². The third kappa shape index (κ3) is 4.91. The van der Waals surface area contributed by atoms with Crippen LogP contribution in [0.4, 0.5) is 34.1 Å². The number of nitrogens with zero attached hydrogens (tertiary/aromatic N) is 3. The van der Waals surface area contributed by atoms with Crippen LogP contribution in [0.25, 0.3) is 104 Å². The first-order chi connectivity index (χ1) is 35.2. The quantitative estimate of drug-likeness (QED) is 0.165. The number of furan rings is 3. The van der Waals surface area contributed by atoms with E-state index in [1.165, 1.54) is 32.5 Å². The Morgan fingerprint density at radius 2 is 0.845 bits per heavy atom. The topological polar surface area (TPSA) is 50.8 Å². The maximum absolute atomic E-state index is 6.86. The van der Waals surface area contributed by atoms with Gasteiger partial charge in [0.15, 0.2) is 0 Å². The second-order valence-electron chi connectivity index (χ2n) is 19.1. The van der Waals surface area contributed by atoms with Gasteiger partial charge in [0.1, 0.15) is 33.5 Å². The molecule has 11 aromatic carbocycles. The molecule has 6 heterocycles. The third-order valence-electron chi connectivity index (χ3n) is 15.5. The van der Waals surface area contributed by atoms with Gasteiger partial charge in [0.25, 0.3) is 6.71 Å². The predicted octanol–water partition coefficient (Wildman–Crippen LogP) is 15.7. The SMILES string of the molecule is c1ccc(-n2c3ccccc3c3cc4c(cc32)B2c3cc5oc6ccccc6c5cc3N(c3cccc5oc6ccccc6c35)c3c2c(cc2ccccc32)N4c2cccc3oc4ccccc4c23)cc1. The first-order valence-corrected chi connectivity index (χ1v) is 24.3. The highest BCUT2D eigenvalue weighted by molar-refractivity contribution is 7.01. The zero-order valence-corrected chi connectivity index (χ0v) is 37.9. The maximum Gasteiger partial charge on any atom is 0.252 e. The second kappa shape index (κ2) is 13.6. The number of hydrogen-bond acceptors (Lipinski definition) is 5. The Kier molecular flexibility index (Phi) is 7.20. The molecule has 71 heavy (non-hydrogen) atoms. The zero-order chi connectivity index (χ0) is 46.1. The molecule has 2 aliphatic heterocycles. The van der Waals surface area contributed by atoms with Gasteiger partial charge in [0.05, 0.1) is 38.9 Å². The summed E-state index contributed by atoms with van der Waals surface area (Å²) in [6.45, 7) is -0.216. The van der Waals surface area contributed by atoms with Crippen molar-refractivity contribution >= 4 is 156 Å². The number of rotatable bonds is 3. The Morgan fingerprint density at radius 1 is 0.310 bits per heavy atom. The summed E-state index contributed by atoms with van der Waals surface area (Å²) in [4.78, 5) is 5.10. The van der Waals surface area contributed by atoms with Crippen molar-refractivity contribution in [3.8, 4) is 5.69 Å². The first kappa shape index (κ1) is 37.5. The molecule has 328 valence electrons. The minimum Gasteiger partial charge on any atom is -0.456 e. The van der Waals surface area contributed by atoms with Crippen LogP contribution in [0.3, 0.4) is 0 Å². The molecule has 0 spiro atoms. The molecular weight excluding hydrogens is 870 g/mol. The molecule has 0 saturated heterocycles. The van der Waals surface area contributed by atoms with Crippen molar-refractivity contribution in [2.24, 2.45) is 0 Å². The van der Waals surface area contributed by atoms with Crippen molar-refractivity contribution in [2.45, 2.75) is 0 Å². The molecule has 0 atom stereocenters. The molecule has 0 aliphatic carbocycles. The standard InChI is InChI=1S/C64H36BN3O3/c1-2-17-38(18-3-1)66-48-24-10-6-20-40(48)44-33-52-46(35-51(44)66)65-47-36-60-45(41-21-7-11-27-55(41)71-60)34-53(47)68(50-26-15-31-59-62(50)43-23-9-13-29-57(43)70-59)64-39-19-5-4-16-37(39)32-54(63(64)65)67(52)49-25-14-30-58-61(49)42-22-8-12-28-56(42)69-58/h1-36H. The van der Waals surface area contributed by atoms with E-state index in [1.54, 1.807) is 0 Å². The number of para-hydroxylation sites is 5. The molecule has 7 heteroatoms. The highest BCUT2D eigenvalue weighted by Gasteiger charge is 2.46. The lowest BCUT2D eigenvalue weighted by Gasteiger charge is -2.45. The molecule has 6 nitrogen and oxygen atoms in total. The Morgan fingerprint density at radius 3 is 1.58 bits per heavy atom. The van der Waals surface area contributed by atoms with Gasteiger partial charge in [-0.2, -0.15) is 0 Å². The number of aromatic nitrogens is 1. The van der Waals surface area contributed by atoms with Gasteiger partial charge in [-0.25, -0.2) is 0 Å². The number of hydrogen-bond donors (Lipinski definition) is 0. The summed E-state index contributed by atoms with van der Waals surface area (Å²) < 4.78 is 22.7. The fourth-order valence-electron chi connectivity index (χ4n) is 12.7. The van der Waals surface area contributed by atoms with Gasteiger partial charge in [-0.1, -0.05) is 127 Å². The Labute approximate surface area is 405 Å². The van der Waals surface area contributed by atoms with E-state index in [-0.39, 0.29) is 6.71 Å². The second-order valence-corrected chi connectivity index (χ2v) is 19.1. The van der Waals surface area contributed by atoms with E-state index in [1.807, 2.05) is 0 Å². The van der Waals surface area contributed by atoms with Gasteiger partial charge >= 0.3 is 0 Å². The highest BCUT2D eigenvalue weighted by Crippen LogP contribution is 2.53. The largest absolute Gasteiger partial charge is 0.456 e. The Balaban J connectivity index is 1.09. The molecule has 0 fully saturated rings. The molecule has 17 rings (SSSR count). The Bertz CT molecular complexity index is 4810. The van der Waals surface area contributed by atoms with Crippen LogP contribution < -0.4 is 26.2 Å². The van der Waals surface area contributed by atoms with Crippen LogP contribution in [-0.4, -0.2) is 11.3 Å². The normalized spacial score (nSPS) is 13.3. The van der Waals surface area contributed by atoms with Crippen LogP contribution in [0.1, 0.15) is 0 Å². The summed E-state index contributed by atoms with van der Waals surface area (Å²) in [5.74, 6) is 0. The van der Waals surface area contributed by atoms with Crippen molar-refractivity contribution in [2.75, 3.05) is 9.80 Å². The van der Waals surface area contributed by atoms with Gasteiger partial charge in [-0.3, -0.25) is 0 Å². The van der Waals surface area contributed by atoms with Crippen molar-refractivity contribution < 1.29 is 13.3 Å². The van der Waals surface area contributed by atoms with Gasteiger partial charge in [-0.15, -0.1) is 0 Å². The summed E-state index contributed by atoms with van der Waals surface area (Å²) in [6, 6.07) is 79.0. The molecule has 2 aliphatic rings. The summed E-state index contributed by atoms with van der Waals surface area (Å²) in [7, 11) is 0. The monoisotopic (exact) mass is 905 g/mol. The smallest absolute Gasteiger partial charge is 0.252 e. The molecule has 0 radical (unpaired) electrons. The molecule has 0 N–H and O–H groups in total. The van der Waals surface area contributed by atoms with E-state index in [2.05, 4.69) is 233 Å². The fraction of sp³-hybridized carbons (Fsp3) is 0. The molecule has 0 unspecified atom stereocenters. The van der Waals surface area contributed by atoms with Crippen molar-refractivity contribution in [3.05, 3.63) is 218 Å². The number of fused-ring (bicyclic) bond motifs is 18. The van der Waals surface area contributed by atoms with E-state index in [0.29, 0.717) is 0 Å². The van der Waals surface area contributed by atoms with E-state index >= 15 is 0 Å². The minimum atomic E-state index is -0.216. The van der Waals surface area contributed by atoms with E-state index in [9.17, 15) is 0 Å². The van der Waals surface area contributed by atoms with E-state index in [4.69, 9.17) is 13.3 Å². The lowest BCUT2D eigenvalue weighted by atomic mass is 9.33. The fourth-order valence-corrected chi connectivity index (χ4v) is 12.7. The van der Waals surface area contributed by atoms with Crippen molar-refractivity contribution in [1.82, 2.24) is 4.57 Å². The molecular formula is C64H36BN3O3. The summed E-state index contributed by atoms with van der Waals surface area (Å²) in [5.41, 5.74) is 18.8. The zero-order valence-electron chi connectivity index (χ0n) is 37.9. The van der Waals surface area contributed by atoms with Crippen LogP contribution in [0.15, 0.2) is 232 Å². The summed E-state index contributed by atoms with van der Waals surface area (Å²) >= 11 is 0. The van der Waals surface area contributed by atoms with Crippen LogP contribution in [-0.2, 0) is 0 Å². The maximum atomic E-state index is 6.86. The lowest BCUT2D eigenvalue weighted by Crippen LogP contribution is -2.61. The molecule has 0 bridgehead atoms. The van der Waals surface area contributed by atoms with E-state index in [0.717, 1.165) is 122 Å². The van der Waals surface area contributed by atoms with Crippen LogP contribution in [0, 0.1) is 0 Å². The van der Waals surface area contributed by atoms with Crippen LogP contribution in [0.5, 0.6) is 0 Å². The predicted molar refractivity (Wildman–Crippen MR) is 294 cm³/mol. The third-order valence-corrected chi connectivity index (χ3v) is 15.5. The van der Waals surface area contributed by atoms with Crippen LogP contribution in [0.2, 0.25) is 0 Å². The van der Waals surface area contributed by atoms with Gasteiger partial charge in [0, 0.05) is 60.5 Å². The lowest BCUT2D eigenvalue weighted by molar-refractivity contribution is 0.668. The molecule has 0 amide bonds. The number of anilines is 6. The molecule has 4 aromatic heterocycles. The van der Waals surface area contributed by atoms with Crippen molar-refractivity contribution in [3.63, 3.8) is 0 Å². The average Bonchev–Trinajstić information content (AvgIpc) is 4.19. The minimum absolute atomic E-state index is 0.216. The Hall–Kier alpha value is -9.46. The first-order valence-electron chi connectivity index (χ1n) is 24.3. The van der Waals surface area contributed by atoms with Gasteiger partial charge < -0.3 is 27.6 Å². The highest BCUT2D eigenvalue weighted by atomic mass is 16.3. The van der Waals surface area contributed by atoms with Gasteiger partial charge in [-0.05, 0) is 113 Å². The summed E-state index contributed by atoms with van der Waals surface area (Å²) in [5, 5.41) is 11.2. The molecule has 0 saturated carbocycles. The van der Waals surface area contributed by atoms with E-state index < -0.39 is 0 Å². The number of benzene rings is 11. The summed E-state index contributed by atoms with van der Waals surface area (Å²) in [6.07, 6.45) is 0.